The number of carbonyl (C=O) groups excluding carboxylic acids is 1. The molecular weight excluding hydrogens is 364 g/mol. The molecule has 1 amide bonds. The molecule has 0 saturated carbocycles. The van der Waals surface area contributed by atoms with Gasteiger partial charge in [0.25, 0.3) is 5.91 Å². The molecule has 0 saturated heterocycles. The van der Waals surface area contributed by atoms with E-state index in [0.717, 1.165) is 11.3 Å². The van der Waals surface area contributed by atoms with Gasteiger partial charge in [-0.2, -0.15) is 0 Å². The van der Waals surface area contributed by atoms with Crippen molar-refractivity contribution in [1.82, 2.24) is 10.2 Å². The van der Waals surface area contributed by atoms with Crippen molar-refractivity contribution in [2.45, 2.75) is 11.8 Å². The predicted molar refractivity (Wildman–Crippen MR) is 107 cm³/mol. The lowest BCUT2D eigenvalue weighted by molar-refractivity contribution is 0.0941. The summed E-state index contributed by atoms with van der Waals surface area (Å²) < 4.78 is 28.1. The summed E-state index contributed by atoms with van der Waals surface area (Å²) in [7, 11) is 2.43. The van der Waals surface area contributed by atoms with Gasteiger partial charge in [-0.15, -0.1) is 0 Å². The average molecular weight is 391 g/mol. The number of nitrogens with zero attached hydrogens (tertiary/aromatic N) is 1. The fraction of sp³-hybridized carbons (Fsp3) is 0.350. The van der Waals surface area contributed by atoms with Gasteiger partial charge in [-0.25, -0.2) is 8.42 Å². The van der Waals surface area contributed by atoms with Crippen LogP contribution in [0.4, 0.5) is 0 Å². The Bertz CT molecular complexity index is 877. The standard InChI is InChI=1S/C20H26N2O4S/c1-22(2)18(17-7-5-6-8-19(17)26-3)13-21-20(23)16-11-9-15(10-12-16)14-27(4,24)25/h5-12,18H,13-14H2,1-4H3,(H,21,23). The number of nitrogens with one attached hydrogen (secondary N) is 1. The number of methoxy groups -OCH3 is 1. The Kier molecular flexibility index (Phi) is 6.98. The van der Waals surface area contributed by atoms with Crippen LogP contribution in [0.15, 0.2) is 48.5 Å². The van der Waals surface area contributed by atoms with Crippen LogP contribution in [0.2, 0.25) is 0 Å². The first-order valence-electron chi connectivity index (χ1n) is 8.55. The van der Waals surface area contributed by atoms with E-state index in [1.54, 1.807) is 31.4 Å². The van der Waals surface area contributed by atoms with Crippen molar-refractivity contribution in [1.29, 1.82) is 0 Å². The molecule has 0 heterocycles. The maximum atomic E-state index is 12.5. The second-order valence-electron chi connectivity index (χ2n) is 6.70. The van der Waals surface area contributed by atoms with Gasteiger partial charge < -0.3 is 15.0 Å². The second-order valence-corrected chi connectivity index (χ2v) is 8.84. The number of hydrogen-bond donors (Lipinski definition) is 1. The molecule has 27 heavy (non-hydrogen) atoms. The topological polar surface area (TPSA) is 75.7 Å². The Balaban J connectivity index is 2.08. The van der Waals surface area contributed by atoms with E-state index in [9.17, 15) is 13.2 Å². The minimum Gasteiger partial charge on any atom is -0.496 e. The third-order valence-corrected chi connectivity index (χ3v) is 5.08. The highest BCUT2D eigenvalue weighted by Crippen LogP contribution is 2.27. The van der Waals surface area contributed by atoms with Gasteiger partial charge in [-0.3, -0.25) is 4.79 Å². The molecule has 6 nitrogen and oxygen atoms in total. The van der Waals surface area contributed by atoms with Crippen molar-refractivity contribution in [3.05, 3.63) is 65.2 Å². The van der Waals surface area contributed by atoms with Gasteiger partial charge in [0.2, 0.25) is 0 Å². The summed E-state index contributed by atoms with van der Waals surface area (Å²) in [6, 6.07) is 14.3. The SMILES string of the molecule is COc1ccccc1C(CNC(=O)c1ccc(CS(C)(=O)=O)cc1)N(C)C. The quantitative estimate of drug-likeness (QED) is 0.748. The first kappa shape index (κ1) is 20.9. The van der Waals surface area contributed by atoms with Gasteiger partial charge in [0.1, 0.15) is 5.75 Å². The van der Waals surface area contributed by atoms with Gasteiger partial charge in [-0.05, 0) is 37.9 Å². The molecule has 0 spiro atoms. The normalized spacial score (nSPS) is 12.6. The summed E-state index contributed by atoms with van der Waals surface area (Å²) >= 11 is 0. The first-order valence-corrected chi connectivity index (χ1v) is 10.6. The monoisotopic (exact) mass is 390 g/mol. The third kappa shape index (κ3) is 6.08. The van der Waals surface area contributed by atoms with Crippen LogP contribution in [0.25, 0.3) is 0 Å². The zero-order chi connectivity index (χ0) is 20.0. The van der Waals surface area contributed by atoms with Crippen molar-refractivity contribution < 1.29 is 17.9 Å². The zero-order valence-corrected chi connectivity index (χ0v) is 16.9. The van der Waals surface area contributed by atoms with Gasteiger partial charge in [-0.1, -0.05) is 30.3 Å². The highest BCUT2D eigenvalue weighted by molar-refractivity contribution is 7.89. The van der Waals surface area contributed by atoms with Gasteiger partial charge in [0.15, 0.2) is 9.84 Å². The molecular formula is C20H26N2O4S. The number of benzene rings is 2. The molecule has 0 fully saturated rings. The Hall–Kier alpha value is -2.38. The van der Waals surface area contributed by atoms with E-state index in [4.69, 9.17) is 4.74 Å². The van der Waals surface area contributed by atoms with Crippen LogP contribution in [0.3, 0.4) is 0 Å². The highest BCUT2D eigenvalue weighted by Gasteiger charge is 2.19. The number of ether oxygens (including phenoxy) is 1. The molecule has 2 aromatic rings. The fourth-order valence-electron chi connectivity index (χ4n) is 2.86. The van der Waals surface area contributed by atoms with E-state index in [-0.39, 0.29) is 17.7 Å². The molecule has 1 unspecified atom stereocenters. The Morgan fingerprint density at radius 1 is 1.11 bits per heavy atom. The maximum Gasteiger partial charge on any atom is 0.251 e. The van der Waals surface area contributed by atoms with E-state index in [2.05, 4.69) is 5.32 Å². The summed E-state index contributed by atoms with van der Waals surface area (Å²) in [5, 5.41) is 2.94. The lowest BCUT2D eigenvalue weighted by Gasteiger charge is -2.26. The number of hydrogen-bond acceptors (Lipinski definition) is 5. The summed E-state index contributed by atoms with van der Waals surface area (Å²) in [6.07, 6.45) is 1.19. The van der Waals surface area contributed by atoms with Crippen molar-refractivity contribution in [3.63, 3.8) is 0 Å². The van der Waals surface area contributed by atoms with E-state index in [1.165, 1.54) is 6.26 Å². The van der Waals surface area contributed by atoms with Crippen LogP contribution in [0.1, 0.15) is 27.5 Å². The smallest absolute Gasteiger partial charge is 0.251 e. The Morgan fingerprint density at radius 3 is 2.30 bits per heavy atom. The summed E-state index contributed by atoms with van der Waals surface area (Å²) in [4.78, 5) is 14.5. The zero-order valence-electron chi connectivity index (χ0n) is 16.1. The molecule has 146 valence electrons. The maximum absolute atomic E-state index is 12.5. The summed E-state index contributed by atoms with van der Waals surface area (Å²) in [5.74, 6) is 0.532. The fourth-order valence-corrected chi connectivity index (χ4v) is 3.66. The molecule has 2 aromatic carbocycles. The minimum absolute atomic E-state index is 0.0363. The molecule has 0 bridgehead atoms. The van der Waals surface area contributed by atoms with Crippen LogP contribution < -0.4 is 10.1 Å². The van der Waals surface area contributed by atoms with Crippen molar-refractivity contribution in [3.8, 4) is 5.75 Å². The number of carbonyl (C=O) groups is 1. The lowest BCUT2D eigenvalue weighted by atomic mass is 10.0. The van der Waals surface area contributed by atoms with Crippen LogP contribution in [0.5, 0.6) is 5.75 Å². The van der Waals surface area contributed by atoms with Crippen molar-refractivity contribution in [2.75, 3.05) is 34.0 Å². The van der Waals surface area contributed by atoms with Crippen molar-refractivity contribution >= 4 is 15.7 Å². The predicted octanol–water partition coefficient (Wildman–Crippen LogP) is 2.27. The Labute approximate surface area is 161 Å². The van der Waals surface area contributed by atoms with E-state index >= 15 is 0 Å². The van der Waals surface area contributed by atoms with Gasteiger partial charge in [0, 0.05) is 23.9 Å². The second kappa shape index (κ2) is 9.01. The van der Waals surface area contributed by atoms with Crippen LogP contribution in [0, 0.1) is 0 Å². The van der Waals surface area contributed by atoms with Crippen LogP contribution >= 0.6 is 0 Å². The lowest BCUT2D eigenvalue weighted by Crippen LogP contribution is -2.34. The molecule has 0 aliphatic carbocycles. The molecule has 0 aliphatic rings. The minimum atomic E-state index is -3.10. The number of likely N-dealkylation sites (N-methyl/N-ethyl adjacent to an activating group) is 1. The molecule has 7 heteroatoms. The molecule has 1 atom stereocenters. The molecule has 1 N–H and O–H groups in total. The van der Waals surface area contributed by atoms with E-state index in [0.29, 0.717) is 17.7 Å². The van der Waals surface area contributed by atoms with Gasteiger partial charge in [0.05, 0.1) is 18.9 Å². The highest BCUT2D eigenvalue weighted by atomic mass is 32.2. The number of amides is 1. The average Bonchev–Trinajstić information content (AvgIpc) is 2.61. The Morgan fingerprint density at radius 2 is 1.74 bits per heavy atom. The molecule has 0 radical (unpaired) electrons. The van der Waals surface area contributed by atoms with E-state index in [1.807, 2.05) is 43.3 Å². The first-order chi connectivity index (χ1) is 12.7. The third-order valence-electron chi connectivity index (χ3n) is 4.22. The van der Waals surface area contributed by atoms with Gasteiger partial charge >= 0.3 is 0 Å². The van der Waals surface area contributed by atoms with Crippen LogP contribution in [-0.4, -0.2) is 53.2 Å². The van der Waals surface area contributed by atoms with E-state index < -0.39 is 9.84 Å². The molecule has 0 aromatic heterocycles. The number of sulfone groups is 1. The van der Waals surface area contributed by atoms with Crippen molar-refractivity contribution in [2.24, 2.45) is 0 Å². The largest absolute Gasteiger partial charge is 0.496 e. The van der Waals surface area contributed by atoms with Crippen LogP contribution in [-0.2, 0) is 15.6 Å². The molecule has 2 rings (SSSR count). The molecule has 0 aliphatic heterocycles. The summed E-state index contributed by atoms with van der Waals surface area (Å²) in [5.41, 5.74) is 2.15. The number of rotatable bonds is 8. The summed E-state index contributed by atoms with van der Waals surface area (Å²) in [6.45, 7) is 0.414. The number of para-hydroxylation sites is 1.